The van der Waals surface area contributed by atoms with E-state index in [1.165, 1.54) is 5.56 Å². The van der Waals surface area contributed by atoms with Crippen molar-refractivity contribution < 1.29 is 4.79 Å². The van der Waals surface area contributed by atoms with Gasteiger partial charge in [0.2, 0.25) is 5.91 Å². The quantitative estimate of drug-likeness (QED) is 0.853. The number of nitrogens with two attached hydrogens (primary N) is 1. The molecule has 0 aliphatic heterocycles. The van der Waals surface area contributed by atoms with E-state index < -0.39 is 0 Å². The van der Waals surface area contributed by atoms with Gasteiger partial charge in [-0.2, -0.15) is 0 Å². The van der Waals surface area contributed by atoms with Gasteiger partial charge in [-0.25, -0.2) is 0 Å². The molecule has 4 heteroatoms. The lowest BCUT2D eigenvalue weighted by atomic mass is 10.1. The van der Waals surface area contributed by atoms with Crippen molar-refractivity contribution in [3.05, 3.63) is 64.7 Å². The molecule has 2 aromatic carbocycles. The van der Waals surface area contributed by atoms with Crippen LogP contribution >= 0.6 is 12.2 Å². The first-order valence-corrected chi connectivity index (χ1v) is 7.12. The number of anilines is 1. The molecular weight excluding hydrogens is 280 g/mol. The normalized spacial score (nSPS) is 10.2. The van der Waals surface area contributed by atoms with Gasteiger partial charge in [0.1, 0.15) is 4.99 Å². The minimum absolute atomic E-state index is 0.0370. The van der Waals surface area contributed by atoms with Crippen molar-refractivity contribution in [2.75, 3.05) is 5.32 Å². The number of rotatable bonds is 4. The standard InChI is InChI=1S/C17H18N2OS/c1-11-3-8-15(12(2)9-11)19-16(20)10-13-4-6-14(7-5-13)17(18)21/h3-9H,10H2,1-2H3,(H2,18,21)(H,19,20). The van der Waals surface area contributed by atoms with Gasteiger partial charge in [0.15, 0.2) is 0 Å². The third-order valence-corrected chi connectivity index (χ3v) is 3.49. The number of hydrogen-bond donors (Lipinski definition) is 2. The van der Waals surface area contributed by atoms with Gasteiger partial charge in [-0.05, 0) is 31.0 Å². The summed E-state index contributed by atoms with van der Waals surface area (Å²) >= 11 is 4.90. The number of nitrogens with one attached hydrogen (secondary N) is 1. The average molecular weight is 298 g/mol. The number of thiocarbonyl (C=S) groups is 1. The van der Waals surface area contributed by atoms with Gasteiger partial charge >= 0.3 is 0 Å². The third-order valence-electron chi connectivity index (χ3n) is 3.26. The van der Waals surface area contributed by atoms with Crippen LogP contribution in [-0.2, 0) is 11.2 Å². The Morgan fingerprint density at radius 3 is 2.38 bits per heavy atom. The topological polar surface area (TPSA) is 55.1 Å². The molecule has 0 spiro atoms. The molecule has 0 bridgehead atoms. The summed E-state index contributed by atoms with van der Waals surface area (Å²) < 4.78 is 0. The Balaban J connectivity index is 2.02. The van der Waals surface area contributed by atoms with Gasteiger partial charge in [-0.3, -0.25) is 4.79 Å². The van der Waals surface area contributed by atoms with E-state index in [2.05, 4.69) is 5.32 Å². The van der Waals surface area contributed by atoms with E-state index in [1.54, 1.807) is 0 Å². The molecule has 1 amide bonds. The van der Waals surface area contributed by atoms with Crippen LogP contribution in [0.1, 0.15) is 22.3 Å². The zero-order chi connectivity index (χ0) is 15.4. The van der Waals surface area contributed by atoms with Crippen molar-refractivity contribution in [3.63, 3.8) is 0 Å². The molecule has 0 saturated carbocycles. The van der Waals surface area contributed by atoms with Crippen LogP contribution in [0.2, 0.25) is 0 Å². The molecule has 2 rings (SSSR count). The summed E-state index contributed by atoms with van der Waals surface area (Å²) in [5, 5.41) is 2.93. The summed E-state index contributed by atoms with van der Waals surface area (Å²) in [6.45, 7) is 4.02. The second kappa shape index (κ2) is 6.50. The Labute approximate surface area is 130 Å². The molecule has 0 aromatic heterocycles. The largest absolute Gasteiger partial charge is 0.389 e. The maximum atomic E-state index is 12.1. The Bertz CT molecular complexity index is 678. The summed E-state index contributed by atoms with van der Waals surface area (Å²) in [4.78, 5) is 12.4. The summed E-state index contributed by atoms with van der Waals surface area (Å²) in [6, 6.07) is 13.4. The van der Waals surface area contributed by atoms with Crippen LogP contribution < -0.4 is 11.1 Å². The zero-order valence-corrected chi connectivity index (χ0v) is 13.0. The van der Waals surface area contributed by atoms with E-state index in [-0.39, 0.29) is 5.91 Å². The molecule has 0 atom stereocenters. The second-order valence-corrected chi connectivity index (χ2v) is 5.54. The molecule has 0 aliphatic carbocycles. The molecule has 3 N–H and O–H groups in total. The van der Waals surface area contributed by atoms with Gasteiger partial charge in [0, 0.05) is 11.3 Å². The fourth-order valence-electron chi connectivity index (χ4n) is 2.12. The molecular formula is C17H18N2OS. The fraction of sp³-hybridized carbons (Fsp3) is 0.176. The van der Waals surface area contributed by atoms with E-state index in [0.717, 1.165) is 22.4 Å². The van der Waals surface area contributed by atoms with Crippen molar-refractivity contribution in [2.24, 2.45) is 5.73 Å². The molecule has 2 aromatic rings. The smallest absolute Gasteiger partial charge is 0.228 e. The first-order valence-electron chi connectivity index (χ1n) is 6.71. The van der Waals surface area contributed by atoms with Crippen LogP contribution in [0.15, 0.2) is 42.5 Å². The minimum atomic E-state index is -0.0370. The van der Waals surface area contributed by atoms with E-state index in [9.17, 15) is 4.79 Å². The maximum Gasteiger partial charge on any atom is 0.228 e. The second-order valence-electron chi connectivity index (χ2n) is 5.10. The highest BCUT2D eigenvalue weighted by Gasteiger charge is 2.06. The summed E-state index contributed by atoms with van der Waals surface area (Å²) in [6.07, 6.45) is 0.324. The number of amides is 1. The van der Waals surface area contributed by atoms with E-state index in [0.29, 0.717) is 11.4 Å². The van der Waals surface area contributed by atoms with Crippen molar-refractivity contribution in [1.29, 1.82) is 0 Å². The number of carbonyl (C=O) groups excluding carboxylic acids is 1. The number of aryl methyl sites for hydroxylation is 2. The van der Waals surface area contributed by atoms with Crippen LogP contribution in [0.4, 0.5) is 5.69 Å². The number of benzene rings is 2. The predicted octanol–water partition coefficient (Wildman–Crippen LogP) is 3.12. The molecule has 108 valence electrons. The van der Waals surface area contributed by atoms with E-state index in [1.807, 2.05) is 56.3 Å². The average Bonchev–Trinajstić information content (AvgIpc) is 2.42. The Morgan fingerprint density at radius 2 is 1.81 bits per heavy atom. The first-order chi connectivity index (χ1) is 9.95. The van der Waals surface area contributed by atoms with Gasteiger partial charge in [-0.1, -0.05) is 54.2 Å². The summed E-state index contributed by atoms with van der Waals surface area (Å²) in [7, 11) is 0. The van der Waals surface area contributed by atoms with E-state index >= 15 is 0 Å². The lowest BCUT2D eigenvalue weighted by molar-refractivity contribution is -0.115. The van der Waals surface area contributed by atoms with Crippen molar-refractivity contribution in [3.8, 4) is 0 Å². The molecule has 3 nitrogen and oxygen atoms in total. The highest BCUT2D eigenvalue weighted by Crippen LogP contribution is 2.16. The highest BCUT2D eigenvalue weighted by molar-refractivity contribution is 7.80. The monoisotopic (exact) mass is 298 g/mol. The molecule has 0 heterocycles. The Kier molecular flexibility index (Phi) is 4.70. The molecule has 0 saturated heterocycles. The van der Waals surface area contributed by atoms with Gasteiger partial charge < -0.3 is 11.1 Å². The van der Waals surface area contributed by atoms with Crippen LogP contribution in [0.3, 0.4) is 0 Å². The van der Waals surface area contributed by atoms with Crippen molar-refractivity contribution in [1.82, 2.24) is 0 Å². The first kappa shape index (κ1) is 15.2. The SMILES string of the molecule is Cc1ccc(NC(=O)Cc2ccc(C(N)=S)cc2)c(C)c1. The van der Waals surface area contributed by atoms with Gasteiger partial charge in [0.25, 0.3) is 0 Å². The van der Waals surface area contributed by atoms with Crippen molar-refractivity contribution in [2.45, 2.75) is 20.3 Å². The van der Waals surface area contributed by atoms with Crippen LogP contribution in [-0.4, -0.2) is 10.9 Å². The van der Waals surface area contributed by atoms with Crippen LogP contribution in [0, 0.1) is 13.8 Å². The van der Waals surface area contributed by atoms with Crippen LogP contribution in [0.25, 0.3) is 0 Å². The summed E-state index contributed by atoms with van der Waals surface area (Å²) in [5.74, 6) is -0.0370. The van der Waals surface area contributed by atoms with Gasteiger partial charge in [-0.15, -0.1) is 0 Å². The van der Waals surface area contributed by atoms with E-state index in [4.69, 9.17) is 18.0 Å². The highest BCUT2D eigenvalue weighted by atomic mass is 32.1. The molecule has 0 fully saturated rings. The Hall–Kier alpha value is -2.20. The maximum absolute atomic E-state index is 12.1. The Morgan fingerprint density at radius 1 is 1.14 bits per heavy atom. The zero-order valence-electron chi connectivity index (χ0n) is 12.1. The predicted molar refractivity (Wildman–Crippen MR) is 90.6 cm³/mol. The third kappa shape index (κ3) is 4.13. The van der Waals surface area contributed by atoms with Gasteiger partial charge in [0.05, 0.1) is 6.42 Å². The fourth-order valence-corrected chi connectivity index (χ4v) is 2.26. The summed E-state index contributed by atoms with van der Waals surface area (Å²) in [5.41, 5.74) is 10.4. The number of hydrogen-bond acceptors (Lipinski definition) is 2. The molecule has 21 heavy (non-hydrogen) atoms. The number of carbonyl (C=O) groups is 1. The molecule has 0 radical (unpaired) electrons. The molecule has 0 unspecified atom stereocenters. The van der Waals surface area contributed by atoms with Crippen molar-refractivity contribution >= 4 is 28.8 Å². The lowest BCUT2D eigenvalue weighted by Crippen LogP contribution is -2.15. The van der Waals surface area contributed by atoms with Crippen LogP contribution in [0.5, 0.6) is 0 Å². The lowest BCUT2D eigenvalue weighted by Gasteiger charge is -2.09. The molecule has 0 aliphatic rings. The minimum Gasteiger partial charge on any atom is -0.389 e.